The van der Waals surface area contributed by atoms with Crippen molar-refractivity contribution in [3.05, 3.63) is 70.2 Å². The van der Waals surface area contributed by atoms with Crippen molar-refractivity contribution in [2.75, 3.05) is 6.54 Å². The smallest absolute Gasteiger partial charge is 0.321 e. The number of urea groups is 1. The van der Waals surface area contributed by atoms with Crippen molar-refractivity contribution in [2.24, 2.45) is 0 Å². The summed E-state index contributed by atoms with van der Waals surface area (Å²) in [6, 6.07) is 16.3. The summed E-state index contributed by atoms with van der Waals surface area (Å²) in [5.41, 5.74) is 1.90. The number of halogens is 1. The summed E-state index contributed by atoms with van der Waals surface area (Å²) in [5, 5.41) is 8.39. The molecule has 0 saturated heterocycles. The van der Waals surface area contributed by atoms with Crippen LogP contribution in [0, 0.1) is 0 Å². The topological polar surface area (TPSA) is 70.2 Å². The van der Waals surface area contributed by atoms with Crippen LogP contribution in [0.15, 0.2) is 59.1 Å². The van der Waals surface area contributed by atoms with Crippen LogP contribution in [0.1, 0.15) is 43.5 Å². The number of imide groups is 1. The average molecular weight is 418 g/mol. The van der Waals surface area contributed by atoms with Gasteiger partial charge in [0.05, 0.1) is 0 Å². The molecule has 5 nitrogen and oxygen atoms in total. The van der Waals surface area contributed by atoms with Gasteiger partial charge < -0.3 is 5.32 Å². The van der Waals surface area contributed by atoms with Gasteiger partial charge in [0.25, 0.3) is 0 Å². The number of hydrogen-bond acceptors (Lipinski definition) is 3. The third-order valence-corrected chi connectivity index (χ3v) is 4.55. The van der Waals surface area contributed by atoms with Gasteiger partial charge in [0, 0.05) is 17.1 Å². The zero-order valence-electron chi connectivity index (χ0n) is 15.0. The molecule has 0 aromatic heterocycles. The van der Waals surface area contributed by atoms with E-state index < -0.39 is 12.1 Å². The maximum atomic E-state index is 12.7. The fourth-order valence-corrected chi connectivity index (χ4v) is 2.97. The molecule has 2 atom stereocenters. The number of rotatable bonds is 7. The quantitative estimate of drug-likeness (QED) is 0.635. The molecule has 0 fully saturated rings. The molecule has 3 amide bonds. The summed E-state index contributed by atoms with van der Waals surface area (Å²) >= 11 is 3.44. The highest BCUT2D eigenvalue weighted by Gasteiger charge is 2.25. The molecule has 2 aromatic carbocycles. The van der Waals surface area contributed by atoms with Gasteiger partial charge in [-0.15, -0.1) is 0 Å². The van der Waals surface area contributed by atoms with E-state index >= 15 is 0 Å². The molecule has 0 bridgehead atoms. The van der Waals surface area contributed by atoms with Gasteiger partial charge in [0.1, 0.15) is 6.04 Å². The summed E-state index contributed by atoms with van der Waals surface area (Å²) in [4.78, 5) is 24.5. The predicted octanol–water partition coefficient (Wildman–Crippen LogP) is 4.08. The molecule has 26 heavy (non-hydrogen) atoms. The van der Waals surface area contributed by atoms with Crippen LogP contribution in [-0.4, -0.2) is 18.5 Å². The highest BCUT2D eigenvalue weighted by Crippen LogP contribution is 2.24. The molecule has 3 N–H and O–H groups in total. The summed E-state index contributed by atoms with van der Waals surface area (Å²) in [7, 11) is 0. The van der Waals surface area contributed by atoms with Crippen molar-refractivity contribution in [3.8, 4) is 0 Å². The molecular weight excluding hydrogens is 394 g/mol. The summed E-state index contributed by atoms with van der Waals surface area (Å²) < 4.78 is 1.00. The molecule has 6 heteroatoms. The Hall–Kier alpha value is -2.18. The van der Waals surface area contributed by atoms with Crippen LogP contribution < -0.4 is 16.0 Å². The van der Waals surface area contributed by atoms with Gasteiger partial charge in [-0.25, -0.2) is 4.79 Å². The lowest BCUT2D eigenvalue weighted by Crippen LogP contribution is -2.45. The minimum Gasteiger partial charge on any atom is -0.338 e. The minimum absolute atomic E-state index is 0.0201. The molecule has 0 heterocycles. The first-order valence-electron chi connectivity index (χ1n) is 8.70. The Balaban J connectivity index is 2.23. The van der Waals surface area contributed by atoms with E-state index in [4.69, 9.17) is 0 Å². The van der Waals surface area contributed by atoms with E-state index in [0.29, 0.717) is 6.54 Å². The monoisotopic (exact) mass is 417 g/mol. The first-order valence-corrected chi connectivity index (χ1v) is 9.49. The lowest BCUT2D eigenvalue weighted by atomic mass is 10.00. The molecule has 138 valence electrons. The zero-order valence-corrected chi connectivity index (χ0v) is 16.5. The van der Waals surface area contributed by atoms with Crippen molar-refractivity contribution in [2.45, 2.75) is 32.4 Å². The van der Waals surface area contributed by atoms with Gasteiger partial charge in [0.15, 0.2) is 0 Å². The molecule has 0 spiro atoms. The van der Waals surface area contributed by atoms with Crippen molar-refractivity contribution >= 4 is 27.9 Å². The van der Waals surface area contributed by atoms with Gasteiger partial charge in [-0.3, -0.25) is 15.4 Å². The van der Waals surface area contributed by atoms with Crippen LogP contribution in [0.3, 0.4) is 0 Å². The molecule has 0 aliphatic heterocycles. The normalized spacial score (nSPS) is 12.9. The molecule has 0 aliphatic rings. The van der Waals surface area contributed by atoms with Gasteiger partial charge >= 0.3 is 6.03 Å². The predicted molar refractivity (Wildman–Crippen MR) is 107 cm³/mol. The molecule has 2 rings (SSSR count). The Morgan fingerprint density at radius 2 is 1.62 bits per heavy atom. The van der Waals surface area contributed by atoms with E-state index in [-0.39, 0.29) is 11.9 Å². The van der Waals surface area contributed by atoms with E-state index in [0.717, 1.165) is 22.0 Å². The second kappa shape index (κ2) is 10.1. The third kappa shape index (κ3) is 5.68. The SMILES string of the molecule is CCNC(=O)NC(=O)[C@H](N[C@@H](CC)c1ccc(Br)cc1)c1ccccc1. The van der Waals surface area contributed by atoms with Crippen LogP contribution in [0.25, 0.3) is 0 Å². The second-order valence-electron chi connectivity index (χ2n) is 5.87. The average Bonchev–Trinajstić information content (AvgIpc) is 2.64. The number of hydrogen-bond donors (Lipinski definition) is 3. The van der Waals surface area contributed by atoms with E-state index in [2.05, 4.69) is 38.8 Å². The third-order valence-electron chi connectivity index (χ3n) is 4.02. The van der Waals surface area contributed by atoms with Crippen molar-refractivity contribution < 1.29 is 9.59 Å². The van der Waals surface area contributed by atoms with Gasteiger partial charge in [-0.1, -0.05) is 65.3 Å². The molecule has 0 aliphatic carbocycles. The van der Waals surface area contributed by atoms with E-state index in [1.54, 1.807) is 6.92 Å². The number of amides is 3. The Morgan fingerprint density at radius 1 is 0.962 bits per heavy atom. The van der Waals surface area contributed by atoms with Crippen LogP contribution >= 0.6 is 15.9 Å². The second-order valence-corrected chi connectivity index (χ2v) is 6.79. The summed E-state index contributed by atoms with van der Waals surface area (Å²) in [6.07, 6.45) is 0.805. The van der Waals surface area contributed by atoms with Gasteiger partial charge in [-0.2, -0.15) is 0 Å². The largest absolute Gasteiger partial charge is 0.338 e. The van der Waals surface area contributed by atoms with E-state index in [1.807, 2.05) is 54.6 Å². The van der Waals surface area contributed by atoms with Crippen LogP contribution in [-0.2, 0) is 4.79 Å². The molecule has 0 saturated carbocycles. The van der Waals surface area contributed by atoms with Gasteiger partial charge in [0.2, 0.25) is 5.91 Å². The molecule has 0 unspecified atom stereocenters. The Bertz CT molecular complexity index is 720. The fourth-order valence-electron chi connectivity index (χ4n) is 2.70. The van der Waals surface area contributed by atoms with Crippen LogP contribution in [0.5, 0.6) is 0 Å². The first-order chi connectivity index (χ1) is 12.5. The van der Waals surface area contributed by atoms with E-state index in [9.17, 15) is 9.59 Å². The first kappa shape index (κ1) is 20.1. The molecule has 2 aromatic rings. The van der Waals surface area contributed by atoms with Crippen molar-refractivity contribution in [1.29, 1.82) is 0 Å². The standard InChI is InChI=1S/C20H24BrN3O2/c1-3-17(14-10-12-16(21)13-11-14)23-18(15-8-6-5-7-9-15)19(25)24-20(26)22-4-2/h5-13,17-18,23H,3-4H2,1-2H3,(H2,22,24,25,26)/t17-,18+/m0/s1. The summed E-state index contributed by atoms with van der Waals surface area (Å²) in [6.45, 7) is 4.32. The Morgan fingerprint density at radius 3 is 2.19 bits per heavy atom. The fraction of sp³-hybridized carbons (Fsp3) is 0.300. The van der Waals surface area contributed by atoms with Crippen molar-refractivity contribution in [1.82, 2.24) is 16.0 Å². The maximum absolute atomic E-state index is 12.7. The van der Waals surface area contributed by atoms with Crippen LogP contribution in [0.4, 0.5) is 4.79 Å². The van der Waals surface area contributed by atoms with Gasteiger partial charge in [-0.05, 0) is 36.6 Å². The Labute approximate surface area is 162 Å². The van der Waals surface area contributed by atoms with Crippen LogP contribution in [0.2, 0.25) is 0 Å². The van der Waals surface area contributed by atoms with Crippen molar-refractivity contribution in [3.63, 3.8) is 0 Å². The highest BCUT2D eigenvalue weighted by molar-refractivity contribution is 9.10. The van der Waals surface area contributed by atoms with E-state index in [1.165, 1.54) is 0 Å². The minimum atomic E-state index is -0.632. The highest BCUT2D eigenvalue weighted by atomic mass is 79.9. The number of benzene rings is 2. The Kier molecular flexibility index (Phi) is 7.81. The number of carbonyl (C=O) groups is 2. The lowest BCUT2D eigenvalue weighted by Gasteiger charge is -2.25. The number of carbonyl (C=O) groups excluding carboxylic acids is 2. The maximum Gasteiger partial charge on any atom is 0.321 e. The lowest BCUT2D eigenvalue weighted by molar-refractivity contribution is -0.122. The summed E-state index contributed by atoms with van der Waals surface area (Å²) in [5.74, 6) is -0.377. The molecule has 0 radical (unpaired) electrons. The molecular formula is C20H24BrN3O2. The zero-order chi connectivity index (χ0) is 18.9. The number of nitrogens with one attached hydrogen (secondary N) is 3.